The van der Waals surface area contributed by atoms with Crippen molar-refractivity contribution in [2.24, 2.45) is 0 Å². The van der Waals surface area contributed by atoms with E-state index in [1.165, 1.54) is 35.8 Å². The summed E-state index contributed by atoms with van der Waals surface area (Å²) in [6.45, 7) is 1.71. The average Bonchev–Trinajstić information content (AvgIpc) is 3.05. The summed E-state index contributed by atoms with van der Waals surface area (Å²) in [4.78, 5) is 2.53. The molecule has 2 N–H and O–H groups in total. The lowest BCUT2D eigenvalue weighted by Crippen LogP contribution is -2.56. The van der Waals surface area contributed by atoms with E-state index in [0.29, 0.717) is 11.7 Å². The van der Waals surface area contributed by atoms with Gasteiger partial charge in [-0.2, -0.15) is 0 Å². The Bertz CT molecular complexity index is 1060. The van der Waals surface area contributed by atoms with E-state index in [1.807, 2.05) is 18.2 Å². The third-order valence-electron chi connectivity index (χ3n) is 7.65. The molecule has 1 saturated carbocycles. The van der Waals surface area contributed by atoms with Crippen LogP contribution in [0.3, 0.4) is 0 Å². The fourth-order valence-electron chi connectivity index (χ4n) is 6.32. The van der Waals surface area contributed by atoms with Crippen molar-refractivity contribution in [1.82, 2.24) is 4.90 Å². The molecule has 0 radical (unpaired) electrons. The number of β-amino-alcohol motifs (C(OH)–C–C–N with tert-alkyl or cyclic N) is 1. The predicted molar refractivity (Wildman–Crippen MR) is 124 cm³/mol. The van der Waals surface area contributed by atoms with Crippen LogP contribution in [-0.2, 0) is 28.3 Å². The molecule has 2 aliphatic carbocycles. The zero-order valence-corrected chi connectivity index (χ0v) is 19.0. The Morgan fingerprint density at radius 2 is 1.84 bits per heavy atom. The van der Waals surface area contributed by atoms with Crippen LogP contribution in [0.15, 0.2) is 48.5 Å². The van der Waals surface area contributed by atoms with Crippen molar-refractivity contribution in [3.8, 4) is 0 Å². The molecule has 31 heavy (non-hydrogen) atoms. The van der Waals surface area contributed by atoms with Gasteiger partial charge in [-0.3, -0.25) is 9.62 Å². The Labute approximate surface area is 185 Å². The van der Waals surface area contributed by atoms with Gasteiger partial charge in [-0.25, -0.2) is 8.42 Å². The number of hydrogen-bond donors (Lipinski definition) is 2. The van der Waals surface area contributed by atoms with Crippen LogP contribution in [0.5, 0.6) is 0 Å². The highest BCUT2D eigenvalue weighted by Crippen LogP contribution is 2.48. The number of nitrogens with zero attached hydrogens (tertiary/aromatic N) is 1. The predicted octanol–water partition coefficient (Wildman–Crippen LogP) is 3.47. The lowest BCUT2D eigenvalue weighted by atomic mass is 9.63. The van der Waals surface area contributed by atoms with Crippen LogP contribution < -0.4 is 4.72 Å². The van der Waals surface area contributed by atoms with E-state index >= 15 is 0 Å². The molecule has 0 amide bonds. The molecule has 5 rings (SSSR count). The molecule has 0 spiro atoms. The first-order valence-electron chi connectivity index (χ1n) is 11.4. The average molecular weight is 441 g/mol. The van der Waals surface area contributed by atoms with Gasteiger partial charge in [-0.15, -0.1) is 0 Å². The van der Waals surface area contributed by atoms with Gasteiger partial charge in [0.25, 0.3) is 0 Å². The van der Waals surface area contributed by atoms with Gasteiger partial charge in [0, 0.05) is 31.1 Å². The van der Waals surface area contributed by atoms with E-state index in [0.717, 1.165) is 45.2 Å². The summed E-state index contributed by atoms with van der Waals surface area (Å²) in [7, 11) is -3.29. The molecule has 0 aromatic heterocycles. The summed E-state index contributed by atoms with van der Waals surface area (Å²) in [5, 5.41) is 11.4. The number of rotatable bonds is 5. The van der Waals surface area contributed by atoms with Crippen LogP contribution in [-0.4, -0.2) is 49.4 Å². The Morgan fingerprint density at radius 1 is 1.10 bits per heavy atom. The molecule has 2 unspecified atom stereocenters. The van der Waals surface area contributed by atoms with Gasteiger partial charge in [-0.1, -0.05) is 42.8 Å². The maximum absolute atomic E-state index is 11.7. The number of fused-ring (bicyclic) bond motifs is 3. The lowest BCUT2D eigenvalue weighted by Gasteiger charge is -2.52. The van der Waals surface area contributed by atoms with Crippen molar-refractivity contribution in [1.29, 1.82) is 0 Å². The summed E-state index contributed by atoms with van der Waals surface area (Å²) in [6.07, 6.45) is 8.31. The zero-order chi connectivity index (χ0) is 21.7. The second-order valence-electron chi connectivity index (χ2n) is 10.1. The minimum atomic E-state index is -3.29. The quantitative estimate of drug-likeness (QED) is 0.747. The smallest absolute Gasteiger partial charge is 0.229 e. The maximum atomic E-state index is 11.7. The normalized spacial score (nSPS) is 27.6. The van der Waals surface area contributed by atoms with Crippen LogP contribution in [0.1, 0.15) is 48.8 Å². The fraction of sp³-hybridized carbons (Fsp3) is 0.520. The van der Waals surface area contributed by atoms with Crippen molar-refractivity contribution >= 4 is 15.7 Å². The van der Waals surface area contributed by atoms with Gasteiger partial charge in [0.15, 0.2) is 0 Å². The number of hydrogen-bond acceptors (Lipinski definition) is 4. The molecule has 2 aromatic carbocycles. The molecule has 1 heterocycles. The van der Waals surface area contributed by atoms with Crippen LogP contribution in [0.25, 0.3) is 0 Å². The van der Waals surface area contributed by atoms with Gasteiger partial charge >= 0.3 is 0 Å². The number of benzene rings is 2. The van der Waals surface area contributed by atoms with Gasteiger partial charge in [0.1, 0.15) is 0 Å². The third kappa shape index (κ3) is 4.26. The Hall–Kier alpha value is -1.89. The molecule has 2 bridgehead atoms. The summed E-state index contributed by atoms with van der Waals surface area (Å²) in [5.74, 6) is 0. The first-order chi connectivity index (χ1) is 14.7. The zero-order valence-electron chi connectivity index (χ0n) is 18.2. The van der Waals surface area contributed by atoms with Crippen LogP contribution >= 0.6 is 0 Å². The minimum Gasteiger partial charge on any atom is -0.388 e. The highest BCUT2D eigenvalue weighted by Gasteiger charge is 2.46. The molecule has 166 valence electrons. The van der Waals surface area contributed by atoms with E-state index in [4.69, 9.17) is 0 Å². The second kappa shape index (κ2) is 7.61. The Morgan fingerprint density at radius 3 is 2.55 bits per heavy atom. The minimum absolute atomic E-state index is 0.107. The molecule has 2 aromatic rings. The first kappa shape index (κ1) is 21.0. The lowest BCUT2D eigenvalue weighted by molar-refractivity contribution is -0.0328. The SMILES string of the molecule is CS(=O)(=O)Nc1cccc(C23CCCC(C2)N(CC2(O)Cc4ccccc4C2)CC3)c1. The second-order valence-corrected chi connectivity index (χ2v) is 11.8. The van der Waals surface area contributed by atoms with Crippen molar-refractivity contribution in [3.05, 3.63) is 65.2 Å². The summed E-state index contributed by atoms with van der Waals surface area (Å²) >= 11 is 0. The molecule has 3 aliphatic rings. The molecule has 1 aliphatic heterocycles. The number of sulfonamides is 1. The number of piperidine rings is 1. The molecule has 1 saturated heterocycles. The van der Waals surface area contributed by atoms with E-state index in [-0.39, 0.29) is 5.41 Å². The molecular formula is C25H32N2O3S. The van der Waals surface area contributed by atoms with E-state index < -0.39 is 15.6 Å². The highest BCUT2D eigenvalue weighted by molar-refractivity contribution is 7.92. The van der Waals surface area contributed by atoms with Crippen LogP contribution in [0, 0.1) is 0 Å². The summed E-state index contributed by atoms with van der Waals surface area (Å²) < 4.78 is 26.0. The molecule has 5 nitrogen and oxygen atoms in total. The van der Waals surface area contributed by atoms with Gasteiger partial charge in [0.05, 0.1) is 11.9 Å². The summed E-state index contributed by atoms with van der Waals surface area (Å²) in [5.41, 5.74) is 3.91. The largest absolute Gasteiger partial charge is 0.388 e. The number of aliphatic hydroxyl groups is 1. The van der Waals surface area contributed by atoms with E-state index in [9.17, 15) is 13.5 Å². The van der Waals surface area contributed by atoms with Crippen molar-refractivity contribution < 1.29 is 13.5 Å². The van der Waals surface area contributed by atoms with Crippen LogP contribution in [0.2, 0.25) is 0 Å². The fourth-order valence-corrected chi connectivity index (χ4v) is 6.87. The molecule has 2 fully saturated rings. The number of likely N-dealkylation sites (tertiary alicyclic amines) is 1. The highest BCUT2D eigenvalue weighted by atomic mass is 32.2. The van der Waals surface area contributed by atoms with E-state index in [1.54, 1.807) is 0 Å². The van der Waals surface area contributed by atoms with Gasteiger partial charge in [-0.05, 0) is 66.5 Å². The van der Waals surface area contributed by atoms with Crippen molar-refractivity contribution in [3.63, 3.8) is 0 Å². The monoisotopic (exact) mass is 440 g/mol. The molecule has 2 atom stereocenters. The standard InChI is InChI=1S/C25H32N2O3S/c1-31(29,30)26-22-9-4-8-21(14-22)24-11-5-10-23(17-24)27(13-12-24)18-25(28)15-19-6-2-3-7-20(19)16-25/h2-4,6-9,14,23,26,28H,5,10-13,15-18H2,1H3. The number of anilines is 1. The first-order valence-corrected chi connectivity index (χ1v) is 13.2. The van der Waals surface area contributed by atoms with Gasteiger partial charge < -0.3 is 5.11 Å². The summed E-state index contributed by atoms with van der Waals surface area (Å²) in [6, 6.07) is 16.9. The Balaban J connectivity index is 1.32. The molecule has 6 heteroatoms. The molecular weight excluding hydrogens is 408 g/mol. The van der Waals surface area contributed by atoms with Gasteiger partial charge in [0.2, 0.25) is 10.0 Å². The Kier molecular flexibility index (Phi) is 5.15. The maximum Gasteiger partial charge on any atom is 0.229 e. The number of nitrogens with one attached hydrogen (secondary N) is 1. The van der Waals surface area contributed by atoms with Crippen LogP contribution in [0.4, 0.5) is 5.69 Å². The topological polar surface area (TPSA) is 69.6 Å². The van der Waals surface area contributed by atoms with Crippen molar-refractivity contribution in [2.75, 3.05) is 24.1 Å². The van der Waals surface area contributed by atoms with Crippen molar-refractivity contribution in [2.45, 2.75) is 62.0 Å². The van der Waals surface area contributed by atoms with E-state index in [2.05, 4.69) is 40.0 Å². The third-order valence-corrected chi connectivity index (χ3v) is 8.25.